The second kappa shape index (κ2) is 14.2. The molecule has 2 amide bonds. The zero-order chi connectivity index (χ0) is 27.7. The highest BCUT2D eigenvalue weighted by molar-refractivity contribution is 5.98. The van der Waals surface area contributed by atoms with E-state index in [9.17, 15) is 9.59 Å². The number of carbonyl (C=O) groups excluding carboxylic acids is 2. The Balaban J connectivity index is 1.37. The number of carbonyl (C=O) groups is 2. The Morgan fingerprint density at radius 2 is 1.32 bits per heavy atom. The Kier molecular flexibility index (Phi) is 10.1. The molecular weight excluding hydrogens is 498 g/mol. The standard InChI is InChI=1S/C34H47N3O3/c1-40-32-20-12-11-19-31(32)36-23-21-35(22-24-36)26-30(25-27-13-5-2-6-14-27)37(33(38)28-15-7-3-8-16-28)34(39)29-17-9-4-10-18-29/h2,5-6,11-14,19-20,28-30H,3-4,7-10,15-18,21-26H2,1H3/t30-/m1/s1. The molecule has 0 aromatic heterocycles. The average molecular weight is 546 g/mol. The van der Waals surface area contributed by atoms with E-state index in [4.69, 9.17) is 4.74 Å². The first kappa shape index (κ1) is 28.7. The highest BCUT2D eigenvalue weighted by atomic mass is 16.5. The zero-order valence-electron chi connectivity index (χ0n) is 24.3. The predicted octanol–water partition coefficient (Wildman–Crippen LogP) is 5.94. The van der Waals surface area contributed by atoms with Gasteiger partial charge in [0.15, 0.2) is 0 Å². The molecule has 0 N–H and O–H groups in total. The lowest BCUT2D eigenvalue weighted by atomic mass is 9.85. The van der Waals surface area contributed by atoms with Gasteiger partial charge >= 0.3 is 0 Å². The van der Waals surface area contributed by atoms with Crippen molar-refractivity contribution in [1.82, 2.24) is 9.80 Å². The lowest BCUT2D eigenvalue weighted by Crippen LogP contribution is -2.57. The van der Waals surface area contributed by atoms with Crippen LogP contribution >= 0.6 is 0 Å². The highest BCUT2D eigenvalue weighted by Crippen LogP contribution is 2.32. The van der Waals surface area contributed by atoms with E-state index in [1.54, 1.807) is 12.0 Å². The van der Waals surface area contributed by atoms with E-state index in [1.807, 2.05) is 18.2 Å². The topological polar surface area (TPSA) is 53.1 Å². The van der Waals surface area contributed by atoms with E-state index in [-0.39, 0.29) is 29.7 Å². The molecule has 2 aromatic rings. The number of anilines is 1. The average Bonchev–Trinajstić information content (AvgIpc) is 3.02. The first-order chi connectivity index (χ1) is 19.6. The van der Waals surface area contributed by atoms with Crippen molar-refractivity contribution in [3.05, 3.63) is 60.2 Å². The second-order valence-corrected chi connectivity index (χ2v) is 12.0. The molecule has 216 valence electrons. The minimum atomic E-state index is -0.149. The summed E-state index contributed by atoms with van der Waals surface area (Å²) in [6, 6.07) is 18.5. The Hall–Kier alpha value is -2.86. The summed E-state index contributed by atoms with van der Waals surface area (Å²) in [5.74, 6) is 1.08. The molecule has 0 spiro atoms. The molecule has 1 aliphatic heterocycles. The zero-order valence-corrected chi connectivity index (χ0v) is 24.3. The number of nitrogens with zero attached hydrogens (tertiary/aromatic N) is 3. The molecule has 5 rings (SSSR count). The molecule has 2 aromatic carbocycles. The van der Waals surface area contributed by atoms with E-state index in [0.29, 0.717) is 6.42 Å². The highest BCUT2D eigenvalue weighted by Gasteiger charge is 2.39. The number of imide groups is 1. The summed E-state index contributed by atoms with van der Waals surface area (Å²) in [5.41, 5.74) is 2.32. The maximum atomic E-state index is 14.2. The molecule has 0 unspecified atom stereocenters. The lowest BCUT2D eigenvalue weighted by molar-refractivity contribution is -0.154. The van der Waals surface area contributed by atoms with Crippen LogP contribution in [0.25, 0.3) is 0 Å². The molecule has 1 heterocycles. The van der Waals surface area contributed by atoms with Crippen molar-refractivity contribution in [2.75, 3.05) is 44.7 Å². The Morgan fingerprint density at radius 3 is 1.90 bits per heavy atom. The maximum absolute atomic E-state index is 14.2. The third kappa shape index (κ3) is 7.06. The van der Waals surface area contributed by atoms with Crippen LogP contribution in [-0.2, 0) is 16.0 Å². The quantitative estimate of drug-likeness (QED) is 0.365. The summed E-state index contributed by atoms with van der Waals surface area (Å²) in [6.45, 7) is 4.31. The molecule has 2 saturated carbocycles. The van der Waals surface area contributed by atoms with Crippen molar-refractivity contribution in [1.29, 1.82) is 0 Å². The fourth-order valence-corrected chi connectivity index (χ4v) is 7.05. The molecule has 6 heteroatoms. The van der Waals surface area contributed by atoms with Crippen LogP contribution in [0.1, 0.15) is 69.8 Å². The van der Waals surface area contributed by atoms with Gasteiger partial charge in [-0.2, -0.15) is 0 Å². The molecule has 40 heavy (non-hydrogen) atoms. The number of benzene rings is 2. The number of rotatable bonds is 9. The number of hydrogen-bond acceptors (Lipinski definition) is 5. The fraction of sp³-hybridized carbons (Fsp3) is 0.588. The third-order valence-corrected chi connectivity index (χ3v) is 9.33. The van der Waals surface area contributed by atoms with Crippen molar-refractivity contribution >= 4 is 17.5 Å². The van der Waals surface area contributed by atoms with E-state index in [2.05, 4.69) is 46.2 Å². The number of piperazine rings is 1. The largest absolute Gasteiger partial charge is 0.495 e. The first-order valence-electron chi connectivity index (χ1n) is 15.6. The number of hydrogen-bond donors (Lipinski definition) is 0. The van der Waals surface area contributed by atoms with Crippen LogP contribution < -0.4 is 9.64 Å². The van der Waals surface area contributed by atoms with Crippen LogP contribution in [0.15, 0.2) is 54.6 Å². The van der Waals surface area contributed by atoms with Crippen molar-refractivity contribution in [2.24, 2.45) is 11.8 Å². The van der Waals surface area contributed by atoms with Gasteiger partial charge in [-0.15, -0.1) is 0 Å². The van der Waals surface area contributed by atoms with Gasteiger partial charge in [0.1, 0.15) is 5.75 Å². The van der Waals surface area contributed by atoms with E-state index in [0.717, 1.165) is 95.5 Å². The summed E-state index contributed by atoms with van der Waals surface area (Å²) in [4.78, 5) is 35.1. The van der Waals surface area contributed by atoms with Gasteiger partial charge in [-0.25, -0.2) is 0 Å². The van der Waals surface area contributed by atoms with Gasteiger partial charge < -0.3 is 9.64 Å². The van der Waals surface area contributed by atoms with Gasteiger partial charge in [0.2, 0.25) is 11.8 Å². The smallest absolute Gasteiger partial charge is 0.232 e. The summed E-state index contributed by atoms with van der Waals surface area (Å²) in [6.07, 6.45) is 11.2. The van der Waals surface area contributed by atoms with Crippen LogP contribution in [-0.4, -0.2) is 67.5 Å². The van der Waals surface area contributed by atoms with Crippen molar-refractivity contribution < 1.29 is 14.3 Å². The third-order valence-electron chi connectivity index (χ3n) is 9.33. The number of methoxy groups -OCH3 is 1. The summed E-state index contributed by atoms with van der Waals surface area (Å²) >= 11 is 0. The van der Waals surface area contributed by atoms with Gasteiger partial charge in [-0.1, -0.05) is 81.0 Å². The fourth-order valence-electron chi connectivity index (χ4n) is 7.05. The Bertz CT molecular complexity index is 1060. The SMILES string of the molecule is COc1ccccc1N1CCN(C[C@@H](Cc2ccccc2)N(C(=O)C2CCCCC2)C(=O)C2CCCCC2)CC1. The van der Waals surface area contributed by atoms with Gasteiger partial charge in [-0.3, -0.25) is 19.4 Å². The van der Waals surface area contributed by atoms with Gasteiger partial charge in [0, 0.05) is 44.6 Å². The number of para-hydroxylation sites is 2. The summed E-state index contributed by atoms with van der Waals surface area (Å²) < 4.78 is 5.62. The Morgan fingerprint density at radius 1 is 0.775 bits per heavy atom. The molecule has 6 nitrogen and oxygen atoms in total. The molecule has 2 aliphatic carbocycles. The maximum Gasteiger partial charge on any atom is 0.232 e. The van der Waals surface area contributed by atoms with Gasteiger partial charge in [0.05, 0.1) is 18.8 Å². The molecule has 0 radical (unpaired) electrons. The number of ether oxygens (including phenoxy) is 1. The minimum Gasteiger partial charge on any atom is -0.495 e. The van der Waals surface area contributed by atoms with Crippen LogP contribution in [0.3, 0.4) is 0 Å². The van der Waals surface area contributed by atoms with Crippen LogP contribution in [0.2, 0.25) is 0 Å². The predicted molar refractivity (Wildman–Crippen MR) is 161 cm³/mol. The van der Waals surface area contributed by atoms with Crippen LogP contribution in [0, 0.1) is 11.8 Å². The Labute approximate surface area is 240 Å². The molecule has 3 aliphatic rings. The minimum absolute atomic E-state index is 0.0121. The van der Waals surface area contributed by atoms with Crippen molar-refractivity contribution in [2.45, 2.75) is 76.7 Å². The summed E-state index contributed by atoms with van der Waals surface area (Å²) in [5, 5.41) is 0. The second-order valence-electron chi connectivity index (χ2n) is 12.0. The number of amides is 2. The van der Waals surface area contributed by atoms with Crippen LogP contribution in [0.4, 0.5) is 5.69 Å². The van der Waals surface area contributed by atoms with E-state index >= 15 is 0 Å². The molecule has 3 fully saturated rings. The van der Waals surface area contributed by atoms with E-state index in [1.165, 1.54) is 18.4 Å². The van der Waals surface area contributed by atoms with Crippen molar-refractivity contribution in [3.8, 4) is 5.75 Å². The van der Waals surface area contributed by atoms with Crippen LogP contribution in [0.5, 0.6) is 5.75 Å². The lowest BCUT2D eigenvalue weighted by Gasteiger charge is -2.42. The molecule has 0 bridgehead atoms. The summed E-state index contributed by atoms with van der Waals surface area (Å²) in [7, 11) is 1.73. The van der Waals surface area contributed by atoms with Crippen molar-refractivity contribution in [3.63, 3.8) is 0 Å². The van der Waals surface area contributed by atoms with Gasteiger partial charge in [-0.05, 0) is 49.8 Å². The monoisotopic (exact) mass is 545 g/mol. The molecule has 1 saturated heterocycles. The molecule has 1 atom stereocenters. The first-order valence-corrected chi connectivity index (χ1v) is 15.6. The van der Waals surface area contributed by atoms with E-state index < -0.39 is 0 Å². The molecular formula is C34H47N3O3. The normalized spacial score (nSPS) is 20.2. The van der Waals surface area contributed by atoms with Gasteiger partial charge in [0.25, 0.3) is 0 Å².